The van der Waals surface area contributed by atoms with Crippen LogP contribution >= 0.6 is 0 Å². The lowest BCUT2D eigenvalue weighted by Crippen LogP contribution is -2.58. The van der Waals surface area contributed by atoms with Crippen molar-refractivity contribution < 1.29 is 13.9 Å². The van der Waals surface area contributed by atoms with E-state index in [1.165, 1.54) is 44.6 Å². The number of hydrogen-bond donors (Lipinski definition) is 1. The smallest absolute Gasteiger partial charge is 0.336 e. The predicted molar refractivity (Wildman–Crippen MR) is 117 cm³/mol. The van der Waals surface area contributed by atoms with E-state index < -0.39 is 0 Å². The Hall–Kier alpha value is -2.34. The van der Waals surface area contributed by atoms with Crippen molar-refractivity contribution in [2.45, 2.75) is 63.8 Å². The highest BCUT2D eigenvalue weighted by Gasteiger charge is 2.38. The number of hydrogen-bond acceptors (Lipinski definition) is 5. The number of carbonyl (C=O) groups is 1. The van der Waals surface area contributed by atoms with Crippen LogP contribution in [0.4, 0.5) is 0 Å². The van der Waals surface area contributed by atoms with E-state index in [0.29, 0.717) is 17.9 Å². The lowest BCUT2D eigenvalue weighted by atomic mass is 9.79. The molecule has 1 aromatic heterocycles. The normalized spacial score (nSPS) is 19.5. The Balaban J connectivity index is 1.36. The minimum Gasteiger partial charge on any atom is -0.484 e. The summed E-state index contributed by atoms with van der Waals surface area (Å²) in [7, 11) is 0. The zero-order valence-corrected chi connectivity index (χ0v) is 17.9. The van der Waals surface area contributed by atoms with Gasteiger partial charge in [-0.05, 0) is 63.4 Å². The van der Waals surface area contributed by atoms with Gasteiger partial charge in [-0.2, -0.15) is 0 Å². The summed E-state index contributed by atoms with van der Waals surface area (Å²) >= 11 is 0. The summed E-state index contributed by atoms with van der Waals surface area (Å²) < 4.78 is 10.9. The van der Waals surface area contributed by atoms with Gasteiger partial charge < -0.3 is 14.5 Å². The number of fused-ring (bicyclic) bond motifs is 1. The number of benzene rings is 1. The van der Waals surface area contributed by atoms with E-state index in [9.17, 15) is 9.59 Å². The molecule has 2 aliphatic rings. The second-order valence-corrected chi connectivity index (χ2v) is 8.80. The summed E-state index contributed by atoms with van der Waals surface area (Å²) in [6, 6.07) is 6.81. The van der Waals surface area contributed by atoms with Gasteiger partial charge in [0.25, 0.3) is 5.91 Å². The van der Waals surface area contributed by atoms with Crippen molar-refractivity contribution >= 4 is 16.9 Å². The van der Waals surface area contributed by atoms with Crippen molar-refractivity contribution in [1.82, 2.24) is 10.2 Å². The fraction of sp³-hybridized carbons (Fsp3) is 0.583. The van der Waals surface area contributed by atoms with Crippen LogP contribution in [0.3, 0.4) is 0 Å². The van der Waals surface area contributed by atoms with Gasteiger partial charge in [0.2, 0.25) is 0 Å². The molecule has 1 N–H and O–H groups in total. The van der Waals surface area contributed by atoms with Gasteiger partial charge in [-0.15, -0.1) is 0 Å². The van der Waals surface area contributed by atoms with Gasteiger partial charge in [0.15, 0.2) is 6.61 Å². The first-order chi connectivity index (χ1) is 14.6. The molecule has 0 spiro atoms. The Labute approximate surface area is 177 Å². The molecule has 2 fully saturated rings. The molecule has 1 aromatic carbocycles. The van der Waals surface area contributed by atoms with E-state index in [1.54, 1.807) is 12.1 Å². The first-order valence-corrected chi connectivity index (χ1v) is 11.2. The standard InChI is InChI=1S/C24H32N2O4/c1-18-14-23(28)30-21-15-19(8-9-20(18)21)29-16-22(27)25-17-24(10-4-2-5-11-24)26-12-6-3-7-13-26/h8-9,14-15H,2-7,10-13,16-17H2,1H3,(H,25,27). The molecule has 1 saturated carbocycles. The monoisotopic (exact) mass is 412 g/mol. The number of nitrogens with zero attached hydrogens (tertiary/aromatic N) is 1. The van der Waals surface area contributed by atoms with Gasteiger partial charge in [0.1, 0.15) is 11.3 Å². The maximum Gasteiger partial charge on any atom is 0.336 e. The van der Waals surface area contributed by atoms with Gasteiger partial charge in [0.05, 0.1) is 0 Å². The number of rotatable bonds is 6. The van der Waals surface area contributed by atoms with Gasteiger partial charge in [0, 0.05) is 29.6 Å². The number of aryl methyl sites for hydroxylation is 1. The minimum absolute atomic E-state index is 0.0440. The first-order valence-electron chi connectivity index (χ1n) is 11.2. The number of amides is 1. The van der Waals surface area contributed by atoms with Crippen LogP contribution in [0.2, 0.25) is 0 Å². The van der Waals surface area contributed by atoms with Crippen LogP contribution in [0, 0.1) is 6.92 Å². The van der Waals surface area contributed by atoms with E-state index in [4.69, 9.17) is 9.15 Å². The van der Waals surface area contributed by atoms with Crippen molar-refractivity contribution in [2.24, 2.45) is 0 Å². The number of ether oxygens (including phenoxy) is 1. The summed E-state index contributed by atoms with van der Waals surface area (Å²) in [5.74, 6) is 0.414. The Morgan fingerprint density at radius 3 is 2.60 bits per heavy atom. The molecule has 6 nitrogen and oxygen atoms in total. The molecule has 1 aliphatic heterocycles. The zero-order chi connectivity index (χ0) is 21.0. The van der Waals surface area contributed by atoms with E-state index >= 15 is 0 Å². The average Bonchev–Trinajstić information content (AvgIpc) is 2.77. The SMILES string of the molecule is Cc1cc(=O)oc2cc(OCC(=O)NCC3(N4CCCCC4)CCCCC3)ccc12. The minimum atomic E-state index is -0.384. The summed E-state index contributed by atoms with van der Waals surface area (Å²) in [6.07, 6.45) is 9.94. The largest absolute Gasteiger partial charge is 0.484 e. The number of nitrogens with one attached hydrogen (secondary N) is 1. The molecular weight excluding hydrogens is 380 g/mol. The maximum atomic E-state index is 12.5. The summed E-state index contributed by atoms with van der Waals surface area (Å²) in [4.78, 5) is 26.8. The molecule has 1 saturated heterocycles. The molecule has 2 aromatic rings. The van der Waals surface area contributed by atoms with E-state index in [1.807, 2.05) is 13.0 Å². The summed E-state index contributed by atoms with van der Waals surface area (Å²) in [5.41, 5.74) is 1.06. The van der Waals surface area contributed by atoms with Crippen LogP contribution in [-0.2, 0) is 4.79 Å². The average molecular weight is 413 g/mol. The van der Waals surface area contributed by atoms with Crippen LogP contribution in [0.1, 0.15) is 56.9 Å². The molecule has 162 valence electrons. The molecule has 4 rings (SSSR count). The third-order valence-electron chi connectivity index (χ3n) is 6.72. The highest BCUT2D eigenvalue weighted by atomic mass is 16.5. The van der Waals surface area contributed by atoms with Crippen molar-refractivity contribution in [3.63, 3.8) is 0 Å². The van der Waals surface area contributed by atoms with Crippen LogP contribution in [-0.4, -0.2) is 42.6 Å². The molecule has 30 heavy (non-hydrogen) atoms. The fourth-order valence-electron chi connectivity index (χ4n) is 5.04. The fourth-order valence-corrected chi connectivity index (χ4v) is 5.04. The summed E-state index contributed by atoms with van der Waals surface area (Å²) in [6.45, 7) is 4.82. The Morgan fingerprint density at radius 2 is 1.83 bits per heavy atom. The predicted octanol–water partition coefficient (Wildman–Crippen LogP) is 3.79. The highest BCUT2D eigenvalue weighted by molar-refractivity contribution is 5.81. The first kappa shape index (κ1) is 20.9. The lowest BCUT2D eigenvalue weighted by Gasteiger charge is -2.48. The molecular formula is C24H32N2O4. The lowest BCUT2D eigenvalue weighted by molar-refractivity contribution is -0.124. The number of likely N-dealkylation sites (tertiary alicyclic amines) is 1. The molecule has 0 atom stereocenters. The Bertz CT molecular complexity index is 940. The molecule has 0 radical (unpaired) electrons. The van der Waals surface area contributed by atoms with Crippen LogP contribution in [0.25, 0.3) is 11.0 Å². The van der Waals surface area contributed by atoms with Crippen LogP contribution < -0.4 is 15.7 Å². The Morgan fingerprint density at radius 1 is 1.10 bits per heavy atom. The zero-order valence-electron chi connectivity index (χ0n) is 17.9. The van der Waals surface area contributed by atoms with Gasteiger partial charge in [-0.1, -0.05) is 25.7 Å². The number of carbonyl (C=O) groups excluding carboxylic acids is 1. The maximum absolute atomic E-state index is 12.5. The molecule has 0 unspecified atom stereocenters. The molecule has 1 amide bonds. The molecule has 0 bridgehead atoms. The van der Waals surface area contributed by atoms with Crippen LogP contribution in [0.5, 0.6) is 5.75 Å². The van der Waals surface area contributed by atoms with E-state index in [0.717, 1.165) is 36.9 Å². The van der Waals surface area contributed by atoms with Crippen LogP contribution in [0.15, 0.2) is 33.5 Å². The van der Waals surface area contributed by atoms with Crippen molar-refractivity contribution in [3.8, 4) is 5.75 Å². The van der Waals surface area contributed by atoms with Gasteiger partial charge in [-0.25, -0.2) is 4.79 Å². The van der Waals surface area contributed by atoms with E-state index in [-0.39, 0.29) is 23.7 Å². The quantitative estimate of drug-likeness (QED) is 0.731. The summed E-state index contributed by atoms with van der Waals surface area (Å²) in [5, 5.41) is 4.00. The van der Waals surface area contributed by atoms with Gasteiger partial charge in [-0.3, -0.25) is 9.69 Å². The molecule has 2 heterocycles. The highest BCUT2D eigenvalue weighted by Crippen LogP contribution is 2.35. The van der Waals surface area contributed by atoms with Crippen molar-refractivity contribution in [2.75, 3.05) is 26.2 Å². The third-order valence-corrected chi connectivity index (χ3v) is 6.72. The third kappa shape index (κ3) is 4.69. The number of piperidine rings is 1. The van der Waals surface area contributed by atoms with Crippen molar-refractivity contribution in [3.05, 3.63) is 40.2 Å². The second kappa shape index (κ2) is 9.21. The Kier molecular flexibility index (Phi) is 6.42. The van der Waals surface area contributed by atoms with Gasteiger partial charge >= 0.3 is 5.63 Å². The topological polar surface area (TPSA) is 71.8 Å². The van der Waals surface area contributed by atoms with Crippen molar-refractivity contribution in [1.29, 1.82) is 0 Å². The van der Waals surface area contributed by atoms with E-state index in [2.05, 4.69) is 10.2 Å². The second-order valence-electron chi connectivity index (χ2n) is 8.80. The molecule has 6 heteroatoms. The molecule has 1 aliphatic carbocycles.